The van der Waals surface area contributed by atoms with E-state index in [0.717, 1.165) is 96.4 Å². The Hall–Kier alpha value is -7.66. The maximum Gasteiger partial charge on any atom is 0.501 e. The van der Waals surface area contributed by atoms with Crippen molar-refractivity contribution in [1.29, 1.82) is 0 Å². The summed E-state index contributed by atoms with van der Waals surface area (Å²) in [6, 6.07) is 31.6. The number of rotatable bonds is 28. The van der Waals surface area contributed by atoms with Crippen molar-refractivity contribution < 1.29 is 59.1 Å². The Kier molecular flexibility index (Phi) is 26.2. The van der Waals surface area contributed by atoms with Crippen molar-refractivity contribution in [3.63, 3.8) is 0 Å². The summed E-state index contributed by atoms with van der Waals surface area (Å²) in [4.78, 5) is 82.7. The second kappa shape index (κ2) is 34.5. The lowest BCUT2D eigenvalue weighted by atomic mass is 9.72. The second-order valence-corrected chi connectivity index (χ2v) is 35.6. The highest BCUT2D eigenvalue weighted by atomic mass is 32.2. The van der Waals surface area contributed by atoms with Crippen LogP contribution in [-0.4, -0.2) is 184 Å². The Bertz CT molecular complexity index is 4290. The standard InChI is InChI=1S/C78H99F3N10O10S4/c1-52-19-21-56(22-20-52)65-47-77(7,8)35-33-59(65)48-88-39-41-89(42-40-88)61-29-27-58(28-30-61)73(95)86-105(100,101)64-31-32-66(68(46-64)104(98,99)78(79,80)81)84-60(50-102-63-15-11-9-12-16-63)34-36-87-37-43-90(44-38-87)70(94)18-14-10-13-17-69(93)85-72(76(4,5)6)75(97)91-49-62(92)45-67(91)74(96)83-53(2)55-23-25-57(26-24-55)71-54(3)82-51-103-71/h9,11-12,15-16,19-32,46,51,53,60,62,67,72,84,92H,10,13-14,17-18,33-45,47-50H2,1-8H3,(H,83,96)(H,85,93)(H,86,95)/t53-,60+,62+,67-,72+/m0/s1. The third-order valence-corrected chi connectivity index (χ3v) is 25.4. The maximum absolute atomic E-state index is 14.6. The van der Waals surface area contributed by atoms with Gasteiger partial charge in [0.15, 0.2) is 0 Å². The minimum Gasteiger partial charge on any atom is -0.391 e. The number of halogens is 3. The van der Waals surface area contributed by atoms with Crippen LogP contribution < -0.4 is 25.6 Å². The van der Waals surface area contributed by atoms with Crippen LogP contribution >= 0.6 is 23.1 Å². The van der Waals surface area contributed by atoms with E-state index in [1.807, 2.05) is 93.9 Å². The van der Waals surface area contributed by atoms with Crippen LogP contribution in [0.1, 0.15) is 145 Å². The summed E-state index contributed by atoms with van der Waals surface area (Å²) in [7, 11) is -11.1. The van der Waals surface area contributed by atoms with Crippen LogP contribution in [0.3, 0.4) is 0 Å². The molecule has 0 spiro atoms. The van der Waals surface area contributed by atoms with Crippen molar-refractivity contribution in [1.82, 2.24) is 39.9 Å². The molecule has 5 atom stereocenters. The molecule has 5 amide bonds. The Morgan fingerprint density at radius 3 is 2.08 bits per heavy atom. The molecular weight excluding hydrogens is 1420 g/mol. The van der Waals surface area contributed by atoms with Crippen LogP contribution in [0.2, 0.25) is 0 Å². The molecule has 566 valence electrons. The normalized spacial score (nSPS) is 18.7. The van der Waals surface area contributed by atoms with E-state index in [1.54, 1.807) is 33.9 Å². The van der Waals surface area contributed by atoms with Crippen molar-refractivity contribution in [2.45, 2.75) is 170 Å². The average Bonchev–Trinajstić information content (AvgIpc) is 1.28. The largest absolute Gasteiger partial charge is 0.501 e. The highest BCUT2D eigenvalue weighted by molar-refractivity contribution is 7.99. The van der Waals surface area contributed by atoms with Crippen molar-refractivity contribution in [2.24, 2.45) is 10.8 Å². The summed E-state index contributed by atoms with van der Waals surface area (Å²) in [5.41, 5.74) is 3.98. The van der Waals surface area contributed by atoms with Gasteiger partial charge in [-0.25, -0.2) is 26.5 Å². The number of benzene rings is 5. The molecule has 4 heterocycles. The number of hydrogen-bond acceptors (Lipinski definition) is 17. The fourth-order valence-electron chi connectivity index (χ4n) is 14.0. The van der Waals surface area contributed by atoms with E-state index in [-0.39, 0.29) is 54.4 Å². The minimum atomic E-state index is -6.18. The van der Waals surface area contributed by atoms with Gasteiger partial charge < -0.3 is 35.8 Å². The molecule has 0 radical (unpaired) electrons. The number of likely N-dealkylation sites (tertiary alicyclic amines) is 1. The number of aliphatic hydroxyl groups excluding tert-OH is 1. The Morgan fingerprint density at radius 2 is 1.43 bits per heavy atom. The fraction of sp³-hybridized carbons (Fsp3) is 0.487. The number of aryl methyl sites for hydroxylation is 2. The number of piperazine rings is 2. The fourth-order valence-corrected chi connectivity index (χ4v) is 17.9. The third-order valence-electron chi connectivity index (χ3n) is 20.4. The molecule has 1 aliphatic carbocycles. The van der Waals surface area contributed by atoms with Crippen LogP contribution in [-0.2, 0) is 39.0 Å². The number of aliphatic hydroxyl groups is 1. The summed E-state index contributed by atoms with van der Waals surface area (Å²) >= 11 is 2.94. The molecular formula is C78H99F3N10O10S4. The summed E-state index contributed by atoms with van der Waals surface area (Å²) < 4.78 is 100. The molecule has 105 heavy (non-hydrogen) atoms. The zero-order chi connectivity index (χ0) is 75.6. The van der Waals surface area contributed by atoms with Gasteiger partial charge in [-0.15, -0.1) is 23.1 Å². The van der Waals surface area contributed by atoms with Gasteiger partial charge in [-0.3, -0.25) is 33.8 Å². The average molecular weight is 1520 g/mol. The summed E-state index contributed by atoms with van der Waals surface area (Å²) in [5, 5.41) is 19.7. The molecule has 6 aromatic rings. The smallest absolute Gasteiger partial charge is 0.391 e. The number of allylic oxidation sites excluding steroid dienone is 1. The number of β-amino-alcohol motifs (C(OH)–C–C–N with tert-alkyl or cyclic N) is 1. The van der Waals surface area contributed by atoms with Gasteiger partial charge in [0.1, 0.15) is 17.0 Å². The monoisotopic (exact) mass is 1520 g/mol. The molecule has 1 aromatic heterocycles. The number of nitrogens with one attached hydrogen (secondary N) is 4. The van der Waals surface area contributed by atoms with Crippen LogP contribution in [0.15, 0.2) is 147 Å². The van der Waals surface area contributed by atoms with E-state index in [2.05, 4.69) is 80.7 Å². The van der Waals surface area contributed by atoms with E-state index >= 15 is 0 Å². The van der Waals surface area contributed by atoms with E-state index < -0.39 is 94.3 Å². The number of unbranched alkanes of at least 4 members (excludes halogenated alkanes) is 2. The van der Waals surface area contributed by atoms with Crippen LogP contribution in [0.25, 0.3) is 16.0 Å². The van der Waals surface area contributed by atoms with E-state index in [9.17, 15) is 59.1 Å². The van der Waals surface area contributed by atoms with Crippen LogP contribution in [0, 0.1) is 24.7 Å². The molecule has 27 heteroatoms. The highest BCUT2D eigenvalue weighted by Crippen LogP contribution is 2.44. The zero-order valence-electron chi connectivity index (χ0n) is 61.1. The number of thiazole rings is 1. The molecule has 4 aliphatic rings. The van der Waals surface area contributed by atoms with Gasteiger partial charge in [0, 0.05) is 119 Å². The predicted octanol–water partition coefficient (Wildman–Crippen LogP) is 12.1. The number of carbonyl (C=O) groups excluding carboxylic acids is 5. The molecule has 0 bridgehead atoms. The SMILES string of the molecule is Cc1ccc(C2=C(CN3CCN(c4ccc(C(=O)NS(=O)(=O)c5ccc(N[C@H](CCN6CCN(C(=O)CCCCCC(=O)N[C@H](C(=O)N7C[C@H](O)C[C@H]7C(=O)N[C@@H](C)c7ccc(-c8scnc8C)cc7)C(C)(C)C)CC6)CSc6ccccc6)c(S(=O)(=O)C(F)(F)F)c5)cc4)CC3)CCC(C)(C)C2)cc1. The number of alkyl halides is 3. The number of sulfone groups is 1. The molecule has 10 rings (SSSR count). The molecule has 20 nitrogen and oxygen atoms in total. The number of hydrogen-bond donors (Lipinski definition) is 5. The molecule has 3 fully saturated rings. The van der Waals surface area contributed by atoms with Crippen molar-refractivity contribution >= 4 is 89.4 Å². The number of aromatic nitrogens is 1. The van der Waals surface area contributed by atoms with Gasteiger partial charge in [-0.05, 0) is 147 Å². The first kappa shape index (κ1) is 79.9. The van der Waals surface area contributed by atoms with Gasteiger partial charge in [-0.1, -0.05) is 119 Å². The molecule has 3 aliphatic heterocycles. The van der Waals surface area contributed by atoms with E-state index in [0.29, 0.717) is 64.5 Å². The highest BCUT2D eigenvalue weighted by Gasteiger charge is 2.49. The van der Waals surface area contributed by atoms with Gasteiger partial charge in [0.2, 0.25) is 23.6 Å². The topological polar surface area (TPSA) is 251 Å². The van der Waals surface area contributed by atoms with Crippen LogP contribution in [0.5, 0.6) is 0 Å². The summed E-state index contributed by atoms with van der Waals surface area (Å²) in [5.74, 6) is -2.09. The number of nitrogens with zero attached hydrogens (tertiary/aromatic N) is 6. The van der Waals surface area contributed by atoms with Crippen molar-refractivity contribution in [2.75, 3.05) is 88.0 Å². The van der Waals surface area contributed by atoms with E-state index in [4.69, 9.17) is 0 Å². The molecule has 5 aromatic carbocycles. The van der Waals surface area contributed by atoms with Crippen molar-refractivity contribution in [3.05, 3.63) is 160 Å². The lowest BCUT2D eigenvalue weighted by Gasteiger charge is -2.39. The predicted molar refractivity (Wildman–Crippen MR) is 407 cm³/mol. The molecule has 0 unspecified atom stereocenters. The molecule has 5 N–H and O–H groups in total. The zero-order valence-corrected chi connectivity index (χ0v) is 64.4. The lowest BCUT2D eigenvalue weighted by Crippen LogP contribution is -2.57. The number of sulfonamides is 1. The van der Waals surface area contributed by atoms with Crippen molar-refractivity contribution in [3.8, 4) is 10.4 Å². The summed E-state index contributed by atoms with van der Waals surface area (Å²) in [6.45, 7) is 22.1. The number of amides is 5. The van der Waals surface area contributed by atoms with Gasteiger partial charge in [-0.2, -0.15) is 13.2 Å². The first-order valence-corrected chi connectivity index (χ1v) is 41.0. The second-order valence-electron chi connectivity index (χ2n) is 30.1. The lowest BCUT2D eigenvalue weighted by molar-refractivity contribution is -0.144. The Labute approximate surface area is 624 Å². The van der Waals surface area contributed by atoms with Gasteiger partial charge >= 0.3 is 5.51 Å². The third kappa shape index (κ3) is 20.9. The minimum absolute atomic E-state index is 0.0336. The van der Waals surface area contributed by atoms with E-state index in [1.165, 1.54) is 51.1 Å². The number of anilines is 2. The maximum atomic E-state index is 14.6. The van der Waals surface area contributed by atoms with Gasteiger partial charge in [0.05, 0.1) is 38.8 Å². The van der Waals surface area contributed by atoms with Crippen LogP contribution in [0.4, 0.5) is 24.5 Å². The number of carbonyl (C=O) groups is 5. The quantitative estimate of drug-likeness (QED) is 0.0226. The summed E-state index contributed by atoms with van der Waals surface area (Å²) in [6.07, 6.45) is 4.45. The molecule has 0 saturated carbocycles. The van der Waals surface area contributed by atoms with Gasteiger partial charge in [0.25, 0.3) is 25.8 Å². The first-order valence-electron chi connectivity index (χ1n) is 36.1. The Morgan fingerprint density at radius 1 is 0.771 bits per heavy atom. The molecule has 3 saturated heterocycles. The Balaban J connectivity index is 0.690. The first-order chi connectivity index (χ1) is 49.7. The number of thioether (sulfide) groups is 1.